The molecule has 0 radical (unpaired) electrons. The summed E-state index contributed by atoms with van der Waals surface area (Å²) in [5.74, 6) is -0.386. The first kappa shape index (κ1) is 28.1. The van der Waals surface area contributed by atoms with Gasteiger partial charge in [0.15, 0.2) is 0 Å². The van der Waals surface area contributed by atoms with Gasteiger partial charge >= 0.3 is 11.9 Å². The van der Waals surface area contributed by atoms with Gasteiger partial charge in [0.1, 0.15) is 0 Å². The Hall–Kier alpha value is -1.93. The number of esters is 2. The van der Waals surface area contributed by atoms with E-state index in [9.17, 15) is 18.0 Å². The van der Waals surface area contributed by atoms with Crippen LogP contribution in [0.3, 0.4) is 0 Å². The van der Waals surface area contributed by atoms with E-state index in [4.69, 9.17) is 8.92 Å². The maximum absolute atomic E-state index is 11.7. The number of hydrogen-bond acceptors (Lipinski definition) is 7. The quantitative estimate of drug-likeness (QED) is 0.192. The van der Waals surface area contributed by atoms with E-state index >= 15 is 0 Å². The number of carbonyl (C=O) groups excluding carboxylic acids is 2. The van der Waals surface area contributed by atoms with Crippen molar-refractivity contribution in [3.05, 3.63) is 34.9 Å². The van der Waals surface area contributed by atoms with Crippen molar-refractivity contribution in [2.24, 2.45) is 0 Å². The third-order valence-electron chi connectivity index (χ3n) is 5.37. The van der Waals surface area contributed by atoms with E-state index in [1.165, 1.54) is 30.9 Å². The van der Waals surface area contributed by atoms with Gasteiger partial charge in [-0.15, -0.1) is 0 Å². The minimum Gasteiger partial charge on any atom is -0.469 e. The fourth-order valence-electron chi connectivity index (χ4n) is 3.65. The van der Waals surface area contributed by atoms with Crippen LogP contribution in [-0.4, -0.2) is 47.4 Å². The minimum absolute atomic E-state index is 0.173. The molecular weight excluding hydrogens is 432 g/mol. The molecule has 0 aromatic heterocycles. The Morgan fingerprint density at radius 3 is 1.84 bits per heavy atom. The lowest BCUT2D eigenvalue weighted by Gasteiger charge is -2.15. The van der Waals surface area contributed by atoms with Gasteiger partial charge in [0.05, 0.1) is 27.1 Å². The van der Waals surface area contributed by atoms with Gasteiger partial charge in [-0.3, -0.25) is 13.8 Å². The number of unbranched alkanes of at least 4 members (excludes halogenated alkanes) is 5. The molecule has 1 aromatic rings. The number of methoxy groups -OCH3 is 2. The third kappa shape index (κ3) is 12.8. The Bertz CT molecular complexity index is 803. The van der Waals surface area contributed by atoms with Crippen molar-refractivity contribution >= 4 is 22.1 Å². The molecule has 0 saturated carbocycles. The molecule has 0 fully saturated rings. The fraction of sp³-hybridized carbons (Fsp3) is 0.667. The number of ether oxygens (including phenoxy) is 2. The molecule has 0 heterocycles. The third-order valence-corrected chi connectivity index (χ3v) is 5.96. The minimum atomic E-state index is -3.36. The smallest absolute Gasteiger partial charge is 0.305 e. The van der Waals surface area contributed by atoms with Crippen LogP contribution < -0.4 is 0 Å². The van der Waals surface area contributed by atoms with Crippen LogP contribution in [0.2, 0.25) is 0 Å². The normalized spacial score (nSPS) is 11.3. The summed E-state index contributed by atoms with van der Waals surface area (Å²) in [7, 11) is -0.550. The molecule has 1 rings (SSSR count). The molecule has 0 saturated heterocycles. The first-order valence-corrected chi connectivity index (χ1v) is 13.2. The highest BCUT2D eigenvalue weighted by molar-refractivity contribution is 7.85. The second kappa shape index (κ2) is 15.8. The lowest BCUT2D eigenvalue weighted by atomic mass is 9.91. The van der Waals surface area contributed by atoms with E-state index in [0.717, 1.165) is 57.6 Å². The Kier molecular flexibility index (Phi) is 13.9. The highest BCUT2D eigenvalue weighted by Crippen LogP contribution is 2.22. The van der Waals surface area contributed by atoms with Crippen LogP contribution in [0.25, 0.3) is 0 Å². The second-order valence-corrected chi connectivity index (χ2v) is 9.60. The van der Waals surface area contributed by atoms with Crippen LogP contribution in [0, 0.1) is 0 Å². The Morgan fingerprint density at radius 1 is 0.750 bits per heavy atom. The standard InChI is InChI=1S/C24H38O7S/c1-29-23(25)16-9-6-8-13-21-15-11-14-20(22(21)17-18-24(26)30-2)12-7-4-5-10-19-31-32(3,27)28/h11,14-15H,4-10,12-13,16-19H2,1-3H3. The maximum Gasteiger partial charge on any atom is 0.305 e. The maximum atomic E-state index is 11.7. The Balaban J connectivity index is 2.60. The number of rotatable bonds is 17. The van der Waals surface area contributed by atoms with Gasteiger partial charge in [0, 0.05) is 12.8 Å². The van der Waals surface area contributed by atoms with Crippen LogP contribution >= 0.6 is 0 Å². The molecule has 0 N–H and O–H groups in total. The summed E-state index contributed by atoms with van der Waals surface area (Å²) in [5, 5.41) is 0. The van der Waals surface area contributed by atoms with Crippen LogP contribution in [0.15, 0.2) is 18.2 Å². The number of aryl methyl sites for hydroxylation is 2. The van der Waals surface area contributed by atoms with Gasteiger partial charge in [-0.2, -0.15) is 8.42 Å². The van der Waals surface area contributed by atoms with Gasteiger partial charge in [-0.1, -0.05) is 37.5 Å². The lowest BCUT2D eigenvalue weighted by molar-refractivity contribution is -0.141. The number of benzene rings is 1. The SMILES string of the molecule is COC(=O)CCCCCc1cccc(CCCCCCOS(C)(=O)=O)c1CCC(=O)OC. The summed E-state index contributed by atoms with van der Waals surface area (Å²) in [5.41, 5.74) is 3.74. The van der Waals surface area contributed by atoms with E-state index in [-0.39, 0.29) is 18.5 Å². The van der Waals surface area contributed by atoms with Gasteiger partial charge < -0.3 is 9.47 Å². The molecule has 0 amide bonds. The molecule has 8 heteroatoms. The van der Waals surface area contributed by atoms with Gasteiger partial charge in [0.2, 0.25) is 0 Å². The fourth-order valence-corrected chi connectivity index (χ4v) is 4.07. The molecule has 0 unspecified atom stereocenters. The molecule has 0 aliphatic heterocycles. The van der Waals surface area contributed by atoms with E-state index in [2.05, 4.69) is 22.9 Å². The molecule has 0 aliphatic carbocycles. The second-order valence-electron chi connectivity index (χ2n) is 7.96. The summed E-state index contributed by atoms with van der Waals surface area (Å²) in [4.78, 5) is 23.0. The molecule has 1 aromatic carbocycles. The summed E-state index contributed by atoms with van der Waals surface area (Å²) < 4.78 is 36.2. The summed E-state index contributed by atoms with van der Waals surface area (Å²) in [6.07, 6.45) is 10.7. The van der Waals surface area contributed by atoms with Crippen LogP contribution in [-0.2, 0) is 52.6 Å². The zero-order valence-electron chi connectivity index (χ0n) is 19.7. The van der Waals surface area contributed by atoms with Crippen molar-refractivity contribution in [1.29, 1.82) is 0 Å². The zero-order valence-corrected chi connectivity index (χ0v) is 20.5. The number of hydrogen-bond donors (Lipinski definition) is 0. The lowest BCUT2D eigenvalue weighted by Crippen LogP contribution is -2.07. The molecule has 0 atom stereocenters. The molecule has 182 valence electrons. The van der Waals surface area contributed by atoms with Gasteiger partial charge in [0.25, 0.3) is 10.1 Å². The van der Waals surface area contributed by atoms with Crippen LogP contribution in [0.4, 0.5) is 0 Å². The topological polar surface area (TPSA) is 96.0 Å². The van der Waals surface area contributed by atoms with Gasteiger partial charge in [-0.25, -0.2) is 0 Å². The van der Waals surface area contributed by atoms with E-state index in [0.29, 0.717) is 25.7 Å². The molecule has 32 heavy (non-hydrogen) atoms. The average molecular weight is 471 g/mol. The Morgan fingerprint density at radius 2 is 1.28 bits per heavy atom. The molecule has 0 bridgehead atoms. The Labute approximate surface area is 192 Å². The first-order valence-electron chi connectivity index (χ1n) is 11.3. The summed E-state index contributed by atoms with van der Waals surface area (Å²) in [6.45, 7) is 0.231. The van der Waals surface area contributed by atoms with Gasteiger partial charge in [-0.05, 0) is 61.6 Å². The van der Waals surface area contributed by atoms with E-state index in [1.54, 1.807) is 0 Å². The summed E-state index contributed by atoms with van der Waals surface area (Å²) >= 11 is 0. The monoisotopic (exact) mass is 470 g/mol. The average Bonchev–Trinajstić information content (AvgIpc) is 2.76. The largest absolute Gasteiger partial charge is 0.469 e. The van der Waals surface area contributed by atoms with Crippen molar-refractivity contribution in [2.45, 2.75) is 77.0 Å². The van der Waals surface area contributed by atoms with Crippen molar-refractivity contribution in [1.82, 2.24) is 0 Å². The van der Waals surface area contributed by atoms with E-state index in [1.807, 2.05) is 0 Å². The summed E-state index contributed by atoms with van der Waals surface area (Å²) in [6, 6.07) is 6.32. The van der Waals surface area contributed by atoms with Crippen molar-refractivity contribution in [2.75, 3.05) is 27.1 Å². The molecule has 0 aliphatic rings. The van der Waals surface area contributed by atoms with Crippen LogP contribution in [0.5, 0.6) is 0 Å². The molecular formula is C24H38O7S. The van der Waals surface area contributed by atoms with E-state index < -0.39 is 10.1 Å². The van der Waals surface area contributed by atoms with Crippen LogP contribution in [0.1, 0.15) is 74.5 Å². The predicted molar refractivity (Wildman–Crippen MR) is 124 cm³/mol. The highest BCUT2D eigenvalue weighted by atomic mass is 32.2. The first-order chi connectivity index (χ1) is 15.3. The number of carbonyl (C=O) groups is 2. The molecule has 0 spiro atoms. The van der Waals surface area contributed by atoms with Crippen molar-refractivity contribution in [3.8, 4) is 0 Å². The molecule has 7 nitrogen and oxygen atoms in total. The van der Waals surface area contributed by atoms with Crippen molar-refractivity contribution < 1.29 is 31.7 Å². The predicted octanol–water partition coefficient (Wildman–Crippen LogP) is 4.15. The zero-order chi connectivity index (χ0) is 23.8. The highest BCUT2D eigenvalue weighted by Gasteiger charge is 2.11. The van der Waals surface area contributed by atoms with Crippen molar-refractivity contribution in [3.63, 3.8) is 0 Å².